The van der Waals surface area contributed by atoms with Crippen molar-refractivity contribution >= 4 is 23.7 Å². The zero-order valence-electron chi connectivity index (χ0n) is 16.4. The van der Waals surface area contributed by atoms with Gasteiger partial charge in [0.05, 0.1) is 19.3 Å². The van der Waals surface area contributed by atoms with Crippen LogP contribution in [0.15, 0.2) is 48.2 Å². The van der Waals surface area contributed by atoms with Gasteiger partial charge in [-0.3, -0.25) is 14.7 Å². The first-order valence-corrected chi connectivity index (χ1v) is 10.6. The van der Waals surface area contributed by atoms with Crippen LogP contribution >= 0.6 is 11.8 Å². The van der Waals surface area contributed by atoms with Crippen LogP contribution in [0.25, 0.3) is 6.08 Å². The van der Waals surface area contributed by atoms with E-state index in [4.69, 9.17) is 4.74 Å². The summed E-state index contributed by atoms with van der Waals surface area (Å²) in [5.74, 6) is 2.68. The largest absolute Gasteiger partial charge is 0.496 e. The van der Waals surface area contributed by atoms with Crippen molar-refractivity contribution in [1.29, 1.82) is 5.26 Å². The first-order valence-electron chi connectivity index (χ1n) is 9.46. The number of hydrogen-bond acceptors (Lipinski definition) is 6. The fourth-order valence-electron chi connectivity index (χ4n) is 3.10. The molecule has 1 amide bonds. The molecule has 0 spiro atoms. The van der Waals surface area contributed by atoms with Crippen molar-refractivity contribution in [2.24, 2.45) is 0 Å². The number of nitriles is 1. The second kappa shape index (κ2) is 10.6. The molecule has 6 nitrogen and oxygen atoms in total. The van der Waals surface area contributed by atoms with Gasteiger partial charge in [0.2, 0.25) is 0 Å². The molecule has 0 saturated carbocycles. The number of hydrogen-bond donors (Lipinski definition) is 1. The number of pyridine rings is 1. The van der Waals surface area contributed by atoms with Crippen molar-refractivity contribution in [3.05, 3.63) is 65.0 Å². The van der Waals surface area contributed by atoms with Crippen molar-refractivity contribution in [1.82, 2.24) is 15.2 Å². The van der Waals surface area contributed by atoms with Crippen molar-refractivity contribution < 1.29 is 9.53 Å². The molecule has 1 fully saturated rings. The monoisotopic (exact) mass is 408 g/mol. The van der Waals surface area contributed by atoms with Gasteiger partial charge < -0.3 is 10.1 Å². The fraction of sp³-hybridized carbons (Fsp3) is 0.318. The molecule has 0 aliphatic carbocycles. The summed E-state index contributed by atoms with van der Waals surface area (Å²) in [6.07, 6.45) is 3.28. The van der Waals surface area contributed by atoms with Gasteiger partial charge >= 0.3 is 0 Å². The fourth-order valence-corrected chi connectivity index (χ4v) is 4.07. The lowest BCUT2D eigenvalue weighted by molar-refractivity contribution is -0.117. The van der Waals surface area contributed by atoms with Crippen LogP contribution < -0.4 is 10.1 Å². The lowest BCUT2D eigenvalue weighted by Gasteiger charge is -2.26. The summed E-state index contributed by atoms with van der Waals surface area (Å²) < 4.78 is 5.50. The van der Waals surface area contributed by atoms with Gasteiger partial charge in [-0.2, -0.15) is 17.0 Å². The standard InChI is InChI=1S/C22H24N4O2S/c1-28-21-6-5-17(13-19(21)16-26-8-10-29-11-9-26)12-18(14-23)22(27)25-15-20-4-2-3-7-24-20/h2-7,12-13H,8-11,15-16H2,1H3,(H,25,27)/b18-12+. The van der Waals surface area contributed by atoms with Crippen LogP contribution in [0.5, 0.6) is 5.75 Å². The van der Waals surface area contributed by atoms with Crippen molar-refractivity contribution in [3.8, 4) is 11.8 Å². The van der Waals surface area contributed by atoms with E-state index in [0.717, 1.165) is 53.7 Å². The number of methoxy groups -OCH3 is 1. The highest BCUT2D eigenvalue weighted by Crippen LogP contribution is 2.24. The molecule has 0 atom stereocenters. The first kappa shape index (κ1) is 20.9. The van der Waals surface area contributed by atoms with Gasteiger partial charge in [-0.05, 0) is 35.9 Å². The smallest absolute Gasteiger partial charge is 0.262 e. The summed E-state index contributed by atoms with van der Waals surface area (Å²) in [6.45, 7) is 3.17. The molecule has 1 N–H and O–H groups in total. The molecule has 1 aliphatic rings. The number of thioether (sulfide) groups is 1. The van der Waals surface area contributed by atoms with Crippen LogP contribution in [0.1, 0.15) is 16.8 Å². The summed E-state index contributed by atoms with van der Waals surface area (Å²) >= 11 is 1.97. The third-order valence-electron chi connectivity index (χ3n) is 4.63. The van der Waals surface area contributed by atoms with E-state index >= 15 is 0 Å². The Morgan fingerprint density at radius 2 is 2.17 bits per heavy atom. The van der Waals surface area contributed by atoms with Crippen LogP contribution in [0.3, 0.4) is 0 Å². The molecule has 1 aromatic heterocycles. The predicted octanol–water partition coefficient (Wildman–Crippen LogP) is 2.86. The van der Waals surface area contributed by atoms with E-state index in [9.17, 15) is 10.1 Å². The molecule has 0 unspecified atom stereocenters. The molecule has 7 heteroatoms. The molecule has 0 bridgehead atoms. The molecule has 1 saturated heterocycles. The Morgan fingerprint density at radius 3 is 2.86 bits per heavy atom. The number of nitrogens with one attached hydrogen (secondary N) is 1. The van der Waals surface area contributed by atoms with E-state index in [0.29, 0.717) is 0 Å². The second-order valence-corrected chi connectivity index (χ2v) is 7.86. The van der Waals surface area contributed by atoms with E-state index in [2.05, 4.69) is 15.2 Å². The molecule has 0 radical (unpaired) electrons. The molecule has 1 aliphatic heterocycles. The highest BCUT2D eigenvalue weighted by atomic mass is 32.2. The lowest BCUT2D eigenvalue weighted by atomic mass is 10.1. The van der Waals surface area contributed by atoms with Gasteiger partial charge in [0.15, 0.2) is 0 Å². The highest BCUT2D eigenvalue weighted by Gasteiger charge is 2.14. The lowest BCUT2D eigenvalue weighted by Crippen LogP contribution is -2.32. The van der Waals surface area contributed by atoms with Gasteiger partial charge in [-0.1, -0.05) is 12.1 Å². The van der Waals surface area contributed by atoms with E-state index in [1.165, 1.54) is 0 Å². The predicted molar refractivity (Wildman–Crippen MR) is 115 cm³/mol. The maximum absolute atomic E-state index is 12.4. The summed E-state index contributed by atoms with van der Waals surface area (Å²) in [7, 11) is 1.66. The van der Waals surface area contributed by atoms with E-state index < -0.39 is 5.91 Å². The van der Waals surface area contributed by atoms with Gasteiger partial charge in [0, 0.05) is 42.9 Å². The molecule has 2 aromatic rings. The average Bonchev–Trinajstić information content (AvgIpc) is 2.77. The normalized spacial score (nSPS) is 14.8. The van der Waals surface area contributed by atoms with Crippen molar-refractivity contribution in [3.63, 3.8) is 0 Å². The minimum atomic E-state index is -0.413. The van der Waals surface area contributed by atoms with Crippen LogP contribution in [0.4, 0.5) is 0 Å². The van der Waals surface area contributed by atoms with Crippen LogP contribution in [-0.2, 0) is 17.9 Å². The molecule has 2 heterocycles. The summed E-state index contributed by atoms with van der Waals surface area (Å²) in [5.41, 5.74) is 2.66. The van der Waals surface area contributed by atoms with Crippen molar-refractivity contribution in [2.45, 2.75) is 13.1 Å². The molecule has 29 heavy (non-hydrogen) atoms. The minimum Gasteiger partial charge on any atom is -0.496 e. The Bertz CT molecular complexity index is 903. The maximum atomic E-state index is 12.4. The molecule has 3 rings (SSSR count). The third kappa shape index (κ3) is 6.08. The Labute approximate surface area is 175 Å². The summed E-state index contributed by atoms with van der Waals surface area (Å²) in [5, 5.41) is 12.2. The Balaban J connectivity index is 1.73. The maximum Gasteiger partial charge on any atom is 0.262 e. The second-order valence-electron chi connectivity index (χ2n) is 6.63. The van der Waals surface area contributed by atoms with E-state index in [1.54, 1.807) is 19.4 Å². The number of aromatic nitrogens is 1. The van der Waals surface area contributed by atoms with Gasteiger partial charge in [0.1, 0.15) is 17.4 Å². The number of benzene rings is 1. The van der Waals surface area contributed by atoms with E-state index in [1.807, 2.05) is 54.2 Å². The number of rotatable bonds is 7. The highest BCUT2D eigenvalue weighted by molar-refractivity contribution is 7.99. The SMILES string of the molecule is COc1ccc(/C=C(\C#N)C(=O)NCc2ccccn2)cc1CN1CCSCC1. The topological polar surface area (TPSA) is 78.2 Å². The summed E-state index contributed by atoms with van der Waals surface area (Å²) in [6, 6.07) is 13.2. The summed E-state index contributed by atoms with van der Waals surface area (Å²) in [4.78, 5) is 19.0. The van der Waals surface area contributed by atoms with Crippen molar-refractivity contribution in [2.75, 3.05) is 31.7 Å². The Morgan fingerprint density at radius 1 is 1.34 bits per heavy atom. The molecule has 150 valence electrons. The quantitative estimate of drug-likeness (QED) is 0.561. The molecular formula is C22H24N4O2S. The van der Waals surface area contributed by atoms with Crippen LogP contribution in [0, 0.1) is 11.3 Å². The molecular weight excluding hydrogens is 384 g/mol. The number of amides is 1. The number of ether oxygens (including phenoxy) is 1. The minimum absolute atomic E-state index is 0.0615. The Kier molecular flexibility index (Phi) is 7.68. The number of carbonyl (C=O) groups excluding carboxylic acids is 1. The molecule has 1 aromatic carbocycles. The van der Waals surface area contributed by atoms with Gasteiger partial charge in [-0.25, -0.2) is 0 Å². The number of nitrogens with zero attached hydrogens (tertiary/aromatic N) is 3. The van der Waals surface area contributed by atoms with Gasteiger partial charge in [0.25, 0.3) is 5.91 Å². The van der Waals surface area contributed by atoms with Crippen LogP contribution in [0.2, 0.25) is 0 Å². The van der Waals surface area contributed by atoms with Crippen LogP contribution in [-0.4, -0.2) is 47.5 Å². The zero-order valence-corrected chi connectivity index (χ0v) is 17.2. The zero-order chi connectivity index (χ0) is 20.5. The van der Waals surface area contributed by atoms with E-state index in [-0.39, 0.29) is 12.1 Å². The third-order valence-corrected chi connectivity index (χ3v) is 5.58. The van der Waals surface area contributed by atoms with Gasteiger partial charge in [-0.15, -0.1) is 0 Å². The number of carbonyl (C=O) groups is 1. The average molecular weight is 409 g/mol. The first-order chi connectivity index (χ1) is 14.2. The Hall–Kier alpha value is -2.82.